The summed E-state index contributed by atoms with van der Waals surface area (Å²) >= 11 is 7.68. The summed E-state index contributed by atoms with van der Waals surface area (Å²) in [5.41, 5.74) is 0.931. The van der Waals surface area contributed by atoms with Crippen LogP contribution >= 0.6 is 22.9 Å². The highest BCUT2D eigenvalue weighted by Gasteiger charge is 2.11. The van der Waals surface area contributed by atoms with Crippen LogP contribution in [0.5, 0.6) is 0 Å². The fraction of sp³-hybridized carbons (Fsp3) is 0.214. The molecule has 0 aliphatic rings. The number of carboxylic acid groups (broad SMARTS) is 1. The molecule has 0 fully saturated rings. The van der Waals surface area contributed by atoms with Crippen LogP contribution in [0.4, 0.5) is 5.69 Å². The molecule has 2 rings (SSSR count). The van der Waals surface area contributed by atoms with E-state index in [0.29, 0.717) is 0 Å². The van der Waals surface area contributed by atoms with Crippen molar-refractivity contribution in [2.24, 2.45) is 0 Å². The van der Waals surface area contributed by atoms with Gasteiger partial charge in [-0.3, -0.25) is 0 Å². The lowest BCUT2D eigenvalue weighted by atomic mass is 10.2. The van der Waals surface area contributed by atoms with Gasteiger partial charge < -0.3 is 10.4 Å². The molecule has 5 heteroatoms. The first-order valence-corrected chi connectivity index (χ1v) is 7.02. The van der Waals surface area contributed by atoms with Gasteiger partial charge in [0.2, 0.25) is 0 Å². The van der Waals surface area contributed by atoms with Crippen LogP contribution in [0.3, 0.4) is 0 Å². The van der Waals surface area contributed by atoms with Crippen molar-refractivity contribution in [3.63, 3.8) is 0 Å². The van der Waals surface area contributed by atoms with Crippen LogP contribution in [0.15, 0.2) is 30.3 Å². The summed E-state index contributed by atoms with van der Waals surface area (Å²) in [4.78, 5) is 13.4. The highest BCUT2D eigenvalue weighted by atomic mass is 35.5. The SMILES string of the molecule is Cc1ccc(C(C)Nc2ccc(C(=O)O)c(Cl)c2)s1. The van der Waals surface area contributed by atoms with E-state index < -0.39 is 5.97 Å². The predicted octanol–water partition coefficient (Wildman–Crippen LogP) is 4.58. The lowest BCUT2D eigenvalue weighted by Gasteiger charge is -2.14. The number of hydrogen-bond donors (Lipinski definition) is 2. The number of anilines is 1. The van der Waals surface area contributed by atoms with Crippen molar-refractivity contribution in [2.45, 2.75) is 19.9 Å². The molecule has 1 atom stereocenters. The molecule has 1 aromatic carbocycles. The Morgan fingerprint density at radius 3 is 2.63 bits per heavy atom. The lowest BCUT2D eigenvalue weighted by molar-refractivity contribution is 0.0697. The second kappa shape index (κ2) is 5.63. The molecule has 2 N–H and O–H groups in total. The van der Waals surface area contributed by atoms with Crippen molar-refractivity contribution in [3.8, 4) is 0 Å². The molecule has 1 aromatic heterocycles. The van der Waals surface area contributed by atoms with Crippen LogP contribution in [0, 0.1) is 6.92 Å². The summed E-state index contributed by atoms with van der Waals surface area (Å²) in [7, 11) is 0. The highest BCUT2D eigenvalue weighted by molar-refractivity contribution is 7.12. The van der Waals surface area contributed by atoms with E-state index in [-0.39, 0.29) is 16.6 Å². The topological polar surface area (TPSA) is 49.3 Å². The van der Waals surface area contributed by atoms with Gasteiger partial charge in [0, 0.05) is 15.4 Å². The number of halogens is 1. The second-order valence-corrected chi connectivity index (χ2v) is 6.04. The zero-order chi connectivity index (χ0) is 14.0. The van der Waals surface area contributed by atoms with E-state index >= 15 is 0 Å². The fourth-order valence-corrected chi connectivity index (χ4v) is 2.93. The monoisotopic (exact) mass is 295 g/mol. The van der Waals surface area contributed by atoms with Crippen molar-refractivity contribution in [3.05, 3.63) is 50.7 Å². The Balaban J connectivity index is 2.15. The van der Waals surface area contributed by atoms with Crippen LogP contribution in [-0.4, -0.2) is 11.1 Å². The zero-order valence-corrected chi connectivity index (χ0v) is 12.2. The number of aromatic carboxylic acids is 1. The number of nitrogens with one attached hydrogen (secondary N) is 1. The number of hydrogen-bond acceptors (Lipinski definition) is 3. The van der Waals surface area contributed by atoms with Crippen LogP contribution in [-0.2, 0) is 0 Å². The van der Waals surface area contributed by atoms with E-state index in [4.69, 9.17) is 16.7 Å². The van der Waals surface area contributed by atoms with Crippen molar-refractivity contribution in [2.75, 3.05) is 5.32 Å². The molecular formula is C14H14ClNO2S. The molecule has 0 spiro atoms. The fourth-order valence-electron chi connectivity index (χ4n) is 1.79. The maximum atomic E-state index is 10.9. The van der Waals surface area contributed by atoms with Crippen molar-refractivity contribution in [1.82, 2.24) is 0 Å². The first-order chi connectivity index (χ1) is 8.97. The van der Waals surface area contributed by atoms with Gasteiger partial charge in [0.25, 0.3) is 0 Å². The van der Waals surface area contributed by atoms with Crippen molar-refractivity contribution in [1.29, 1.82) is 0 Å². The Labute approximate surface area is 120 Å². The molecular weight excluding hydrogens is 282 g/mol. The van der Waals surface area contributed by atoms with E-state index in [0.717, 1.165) is 5.69 Å². The maximum absolute atomic E-state index is 10.9. The average molecular weight is 296 g/mol. The van der Waals surface area contributed by atoms with Gasteiger partial charge in [-0.2, -0.15) is 0 Å². The van der Waals surface area contributed by atoms with E-state index in [1.807, 2.05) is 0 Å². The van der Waals surface area contributed by atoms with E-state index in [1.165, 1.54) is 15.8 Å². The minimum absolute atomic E-state index is 0.117. The third kappa shape index (κ3) is 3.28. The Morgan fingerprint density at radius 2 is 2.11 bits per heavy atom. The van der Waals surface area contributed by atoms with Crippen LogP contribution < -0.4 is 5.32 Å². The molecule has 0 radical (unpaired) electrons. The number of carboxylic acids is 1. The quantitative estimate of drug-likeness (QED) is 0.868. The summed E-state index contributed by atoms with van der Waals surface area (Å²) in [6, 6.07) is 9.21. The largest absolute Gasteiger partial charge is 0.478 e. The van der Waals surface area contributed by atoms with Gasteiger partial charge in [0.1, 0.15) is 0 Å². The van der Waals surface area contributed by atoms with Crippen molar-refractivity contribution >= 4 is 34.6 Å². The predicted molar refractivity (Wildman–Crippen MR) is 79.5 cm³/mol. The first kappa shape index (κ1) is 13.9. The van der Waals surface area contributed by atoms with Crippen molar-refractivity contribution < 1.29 is 9.90 Å². The molecule has 0 saturated carbocycles. The van der Waals surface area contributed by atoms with Gasteiger partial charge in [-0.05, 0) is 44.2 Å². The van der Waals surface area contributed by atoms with E-state index in [2.05, 4.69) is 31.3 Å². The molecule has 3 nitrogen and oxygen atoms in total. The lowest BCUT2D eigenvalue weighted by Crippen LogP contribution is -2.05. The Morgan fingerprint density at radius 1 is 1.37 bits per heavy atom. The number of carbonyl (C=O) groups is 1. The summed E-state index contributed by atoms with van der Waals surface area (Å²) < 4.78 is 0. The highest BCUT2D eigenvalue weighted by Crippen LogP contribution is 2.28. The molecule has 1 heterocycles. The van der Waals surface area contributed by atoms with Gasteiger partial charge in [-0.1, -0.05) is 11.6 Å². The van der Waals surface area contributed by atoms with Gasteiger partial charge in [0.05, 0.1) is 16.6 Å². The summed E-state index contributed by atoms with van der Waals surface area (Å²) in [5.74, 6) is -1.02. The standard InChI is InChI=1S/C14H14ClNO2S/c1-8-3-6-13(19-8)9(2)16-10-4-5-11(14(17)18)12(15)7-10/h3-7,9,16H,1-2H3,(H,17,18). The normalized spacial score (nSPS) is 12.2. The number of benzene rings is 1. The third-order valence-corrected chi connectivity index (χ3v) is 4.27. The maximum Gasteiger partial charge on any atom is 0.337 e. The smallest absolute Gasteiger partial charge is 0.337 e. The Hall–Kier alpha value is -1.52. The third-order valence-electron chi connectivity index (χ3n) is 2.77. The molecule has 1 unspecified atom stereocenters. The van der Waals surface area contributed by atoms with Crippen LogP contribution in [0.1, 0.15) is 33.1 Å². The van der Waals surface area contributed by atoms with Crippen LogP contribution in [0.2, 0.25) is 5.02 Å². The molecule has 2 aromatic rings. The summed E-state index contributed by atoms with van der Waals surface area (Å²) in [6.45, 7) is 4.13. The molecule has 0 amide bonds. The molecule has 19 heavy (non-hydrogen) atoms. The van der Waals surface area contributed by atoms with E-state index in [9.17, 15) is 4.79 Å². The number of rotatable bonds is 4. The van der Waals surface area contributed by atoms with Gasteiger partial charge in [-0.25, -0.2) is 4.79 Å². The minimum Gasteiger partial charge on any atom is -0.478 e. The number of aryl methyl sites for hydroxylation is 1. The molecule has 0 aliphatic carbocycles. The first-order valence-electron chi connectivity index (χ1n) is 5.83. The minimum atomic E-state index is -1.02. The zero-order valence-electron chi connectivity index (χ0n) is 10.6. The summed E-state index contributed by atoms with van der Waals surface area (Å²) in [6.07, 6.45) is 0. The summed E-state index contributed by atoms with van der Waals surface area (Å²) in [5, 5.41) is 12.5. The second-order valence-electron chi connectivity index (χ2n) is 4.31. The molecule has 0 bridgehead atoms. The molecule has 0 aliphatic heterocycles. The molecule has 0 saturated heterocycles. The van der Waals surface area contributed by atoms with E-state index in [1.54, 1.807) is 23.5 Å². The Kier molecular flexibility index (Phi) is 4.12. The van der Waals surface area contributed by atoms with Crippen LogP contribution in [0.25, 0.3) is 0 Å². The van der Waals surface area contributed by atoms with Gasteiger partial charge in [-0.15, -0.1) is 11.3 Å². The van der Waals surface area contributed by atoms with Gasteiger partial charge in [0.15, 0.2) is 0 Å². The Bertz CT molecular complexity index is 609. The molecule has 100 valence electrons. The average Bonchev–Trinajstić information content (AvgIpc) is 2.75. The van der Waals surface area contributed by atoms with Gasteiger partial charge >= 0.3 is 5.97 Å². The number of thiophene rings is 1.